The van der Waals surface area contributed by atoms with E-state index < -0.39 is 0 Å². The van der Waals surface area contributed by atoms with Crippen LogP contribution >= 0.6 is 0 Å². The molecule has 0 fully saturated rings. The van der Waals surface area contributed by atoms with Gasteiger partial charge in [0.1, 0.15) is 0 Å². The van der Waals surface area contributed by atoms with Crippen molar-refractivity contribution in [1.82, 2.24) is 5.32 Å². The van der Waals surface area contributed by atoms with Gasteiger partial charge in [0, 0.05) is 6.92 Å². The van der Waals surface area contributed by atoms with Crippen molar-refractivity contribution in [2.75, 3.05) is 0 Å². The lowest BCUT2D eigenvalue weighted by atomic mass is 9.98. The van der Waals surface area contributed by atoms with E-state index in [1.807, 2.05) is 13.0 Å². The van der Waals surface area contributed by atoms with Crippen LogP contribution in [-0.2, 0) is 4.79 Å². The molecule has 1 amide bonds. The highest BCUT2D eigenvalue weighted by Gasteiger charge is 2.07. The Morgan fingerprint density at radius 3 is 2.26 bits per heavy atom. The number of carbonyl (C=O) groups excluding carboxylic acids is 1. The summed E-state index contributed by atoms with van der Waals surface area (Å²) < 4.78 is 0. The van der Waals surface area contributed by atoms with E-state index in [0.717, 1.165) is 5.56 Å². The van der Waals surface area contributed by atoms with E-state index in [9.17, 15) is 4.79 Å². The number of carbonyl (C=O) groups is 1. The van der Waals surface area contributed by atoms with Crippen molar-refractivity contribution in [3.05, 3.63) is 59.7 Å². The predicted molar refractivity (Wildman–Crippen MR) is 78.8 cm³/mol. The maximum Gasteiger partial charge on any atom is 0.217 e. The first-order chi connectivity index (χ1) is 9.08. The third-order valence-corrected chi connectivity index (χ3v) is 3.29. The molecule has 0 heterocycles. The Morgan fingerprint density at radius 2 is 1.68 bits per heavy atom. The van der Waals surface area contributed by atoms with E-state index in [-0.39, 0.29) is 11.9 Å². The molecule has 19 heavy (non-hydrogen) atoms. The summed E-state index contributed by atoms with van der Waals surface area (Å²) in [5.74, 6) is -0.00418. The summed E-state index contributed by atoms with van der Waals surface area (Å²) in [5.41, 5.74) is 4.84. The van der Waals surface area contributed by atoms with Gasteiger partial charge in [0.05, 0.1) is 6.04 Å². The smallest absolute Gasteiger partial charge is 0.217 e. The Labute approximate surface area is 114 Å². The van der Waals surface area contributed by atoms with Gasteiger partial charge in [-0.1, -0.05) is 48.5 Å². The van der Waals surface area contributed by atoms with Gasteiger partial charge in [-0.2, -0.15) is 0 Å². The molecule has 0 bridgehead atoms. The van der Waals surface area contributed by atoms with Crippen LogP contribution < -0.4 is 5.32 Å². The van der Waals surface area contributed by atoms with Crippen molar-refractivity contribution in [2.45, 2.75) is 26.8 Å². The molecule has 0 spiro atoms. The van der Waals surface area contributed by atoms with E-state index in [2.05, 4.69) is 54.7 Å². The van der Waals surface area contributed by atoms with Crippen molar-refractivity contribution in [3.8, 4) is 11.1 Å². The number of nitrogens with one attached hydrogen (secondary N) is 1. The van der Waals surface area contributed by atoms with Gasteiger partial charge in [0.2, 0.25) is 5.91 Å². The van der Waals surface area contributed by atoms with Gasteiger partial charge in [0.15, 0.2) is 0 Å². The fourth-order valence-electron chi connectivity index (χ4n) is 2.24. The molecule has 2 aromatic carbocycles. The number of rotatable bonds is 3. The van der Waals surface area contributed by atoms with Gasteiger partial charge >= 0.3 is 0 Å². The van der Waals surface area contributed by atoms with E-state index in [1.165, 1.54) is 23.6 Å². The second-order valence-corrected chi connectivity index (χ2v) is 4.86. The van der Waals surface area contributed by atoms with Crippen LogP contribution in [0.25, 0.3) is 11.1 Å². The molecule has 1 N–H and O–H groups in total. The number of hydrogen-bond donors (Lipinski definition) is 1. The van der Waals surface area contributed by atoms with E-state index in [4.69, 9.17) is 0 Å². The highest BCUT2D eigenvalue weighted by molar-refractivity contribution is 5.73. The largest absolute Gasteiger partial charge is 0.350 e. The molecule has 2 aromatic rings. The monoisotopic (exact) mass is 253 g/mol. The normalized spacial score (nSPS) is 11.9. The predicted octanol–water partition coefficient (Wildman–Crippen LogP) is 3.86. The highest BCUT2D eigenvalue weighted by Crippen LogP contribution is 2.24. The van der Waals surface area contributed by atoms with Gasteiger partial charge in [-0.3, -0.25) is 4.79 Å². The average molecular weight is 253 g/mol. The van der Waals surface area contributed by atoms with Gasteiger partial charge in [-0.25, -0.2) is 0 Å². The first-order valence-electron chi connectivity index (χ1n) is 6.51. The van der Waals surface area contributed by atoms with Gasteiger partial charge in [-0.15, -0.1) is 0 Å². The SMILES string of the molecule is CC(=O)N[C@H](C)c1ccc(-c2ccccc2C)cc1. The summed E-state index contributed by atoms with van der Waals surface area (Å²) >= 11 is 0. The fraction of sp³-hybridized carbons (Fsp3) is 0.235. The summed E-state index contributed by atoms with van der Waals surface area (Å²) in [5, 5.41) is 2.89. The molecule has 2 rings (SSSR count). The Bertz CT molecular complexity index is 572. The van der Waals surface area contributed by atoms with Crippen LogP contribution in [0.3, 0.4) is 0 Å². The van der Waals surface area contributed by atoms with Gasteiger partial charge in [-0.05, 0) is 36.1 Å². The molecule has 0 aliphatic carbocycles. The van der Waals surface area contributed by atoms with Crippen LogP contribution in [-0.4, -0.2) is 5.91 Å². The average Bonchev–Trinajstić information content (AvgIpc) is 2.39. The number of hydrogen-bond acceptors (Lipinski definition) is 1. The highest BCUT2D eigenvalue weighted by atomic mass is 16.1. The summed E-state index contributed by atoms with van der Waals surface area (Å²) in [6.07, 6.45) is 0. The zero-order valence-electron chi connectivity index (χ0n) is 11.6. The van der Waals surface area contributed by atoms with Crippen LogP contribution in [0, 0.1) is 6.92 Å². The third kappa shape index (κ3) is 3.22. The molecule has 0 aliphatic heterocycles. The summed E-state index contributed by atoms with van der Waals surface area (Å²) in [6.45, 7) is 5.64. The Kier molecular flexibility index (Phi) is 4.00. The number of aryl methyl sites for hydroxylation is 1. The van der Waals surface area contributed by atoms with E-state index >= 15 is 0 Å². The maximum atomic E-state index is 11.0. The molecule has 0 unspecified atom stereocenters. The molecule has 2 nitrogen and oxygen atoms in total. The number of amides is 1. The molecule has 0 radical (unpaired) electrons. The second kappa shape index (κ2) is 5.70. The van der Waals surface area contributed by atoms with Gasteiger partial charge < -0.3 is 5.32 Å². The molecule has 0 saturated heterocycles. The molecule has 0 saturated carbocycles. The van der Waals surface area contributed by atoms with Crippen molar-refractivity contribution >= 4 is 5.91 Å². The minimum absolute atomic E-state index is 0.00418. The zero-order chi connectivity index (χ0) is 13.8. The lowest BCUT2D eigenvalue weighted by Gasteiger charge is -2.14. The van der Waals surface area contributed by atoms with Crippen LogP contribution in [0.15, 0.2) is 48.5 Å². The molecule has 0 aromatic heterocycles. The summed E-state index contributed by atoms with van der Waals surface area (Å²) in [7, 11) is 0. The first kappa shape index (κ1) is 13.3. The molecule has 0 aliphatic rings. The maximum absolute atomic E-state index is 11.0. The lowest BCUT2D eigenvalue weighted by Crippen LogP contribution is -2.23. The molecule has 1 atom stereocenters. The number of benzene rings is 2. The lowest BCUT2D eigenvalue weighted by molar-refractivity contribution is -0.119. The van der Waals surface area contributed by atoms with Gasteiger partial charge in [0.25, 0.3) is 0 Å². The second-order valence-electron chi connectivity index (χ2n) is 4.86. The first-order valence-corrected chi connectivity index (χ1v) is 6.51. The topological polar surface area (TPSA) is 29.1 Å². The van der Waals surface area contributed by atoms with Crippen LogP contribution in [0.1, 0.15) is 31.0 Å². The fourth-order valence-corrected chi connectivity index (χ4v) is 2.24. The minimum atomic E-state index is -0.00418. The Balaban J connectivity index is 2.24. The molecule has 2 heteroatoms. The summed E-state index contributed by atoms with van der Waals surface area (Å²) in [6, 6.07) is 16.7. The van der Waals surface area contributed by atoms with Crippen molar-refractivity contribution in [3.63, 3.8) is 0 Å². The quantitative estimate of drug-likeness (QED) is 0.884. The molecular formula is C17H19NO. The third-order valence-electron chi connectivity index (χ3n) is 3.29. The van der Waals surface area contributed by atoms with Crippen LogP contribution in [0.2, 0.25) is 0 Å². The minimum Gasteiger partial charge on any atom is -0.350 e. The Morgan fingerprint density at radius 1 is 1.05 bits per heavy atom. The van der Waals surface area contributed by atoms with Crippen LogP contribution in [0.4, 0.5) is 0 Å². The van der Waals surface area contributed by atoms with E-state index in [1.54, 1.807) is 0 Å². The van der Waals surface area contributed by atoms with Crippen LogP contribution in [0.5, 0.6) is 0 Å². The van der Waals surface area contributed by atoms with E-state index in [0.29, 0.717) is 0 Å². The Hall–Kier alpha value is -2.09. The zero-order valence-corrected chi connectivity index (χ0v) is 11.6. The van der Waals surface area contributed by atoms with Crippen molar-refractivity contribution in [2.24, 2.45) is 0 Å². The van der Waals surface area contributed by atoms with Crippen molar-refractivity contribution in [1.29, 1.82) is 0 Å². The van der Waals surface area contributed by atoms with Crippen molar-refractivity contribution < 1.29 is 4.79 Å². The summed E-state index contributed by atoms with van der Waals surface area (Å²) in [4.78, 5) is 11.0. The standard InChI is InChI=1S/C17H19NO/c1-12-6-4-5-7-17(12)16-10-8-15(9-11-16)13(2)18-14(3)19/h4-11,13H,1-3H3,(H,18,19)/t13-/m1/s1. The molecule has 98 valence electrons. The molecular weight excluding hydrogens is 234 g/mol.